The molecule has 2 fully saturated rings. The molecule has 0 bridgehead atoms. The number of amides is 1. The molecule has 5 rings (SSSR count). The summed E-state index contributed by atoms with van der Waals surface area (Å²) >= 11 is 0. The highest BCUT2D eigenvalue weighted by molar-refractivity contribution is 5.89. The number of hydrogen-bond acceptors (Lipinski definition) is 6. The van der Waals surface area contributed by atoms with Crippen LogP contribution in [0.4, 0.5) is 20.8 Å². The number of aromatic nitrogens is 3. The van der Waals surface area contributed by atoms with Crippen molar-refractivity contribution in [3.8, 4) is 11.3 Å². The first-order valence-corrected chi connectivity index (χ1v) is 10.9. The van der Waals surface area contributed by atoms with Gasteiger partial charge in [0, 0.05) is 18.3 Å². The summed E-state index contributed by atoms with van der Waals surface area (Å²) in [4.78, 5) is 18.3. The van der Waals surface area contributed by atoms with Crippen molar-refractivity contribution in [2.45, 2.75) is 31.3 Å². The van der Waals surface area contributed by atoms with Crippen molar-refractivity contribution < 1.29 is 13.9 Å². The minimum atomic E-state index is -0.424. The van der Waals surface area contributed by atoms with Crippen molar-refractivity contribution in [1.82, 2.24) is 15.2 Å². The van der Waals surface area contributed by atoms with Gasteiger partial charge in [0.05, 0.1) is 12.2 Å². The monoisotopic (exact) mass is 433 g/mol. The number of anilines is 2. The Bertz CT molecular complexity index is 1090. The smallest absolute Gasteiger partial charge is 0.416 e. The standard InChI is InChI=1S/C24H24FN5O2/c25-19-6-2-1-5-18(19)20-8-9-21(29-28-20)27-15-17-10-12-24(13-11-17)16-30(23(31)32-24)22-7-3-4-14-26-22/h1-9,14,17H,10-13,15-16H2,(H,27,29)/t17-,24-. The average molecular weight is 433 g/mol. The molecule has 0 unspecified atom stereocenters. The molecule has 32 heavy (non-hydrogen) atoms. The Hall–Kier alpha value is -3.55. The number of nitrogens with one attached hydrogen (secondary N) is 1. The summed E-state index contributed by atoms with van der Waals surface area (Å²) in [5.41, 5.74) is 0.524. The third-order valence-corrected chi connectivity index (χ3v) is 6.30. The van der Waals surface area contributed by atoms with E-state index in [1.807, 2.05) is 24.3 Å². The van der Waals surface area contributed by atoms with Crippen LogP contribution in [-0.2, 0) is 4.74 Å². The molecule has 1 saturated carbocycles. The van der Waals surface area contributed by atoms with E-state index >= 15 is 0 Å². The number of carbonyl (C=O) groups excluding carboxylic acids is 1. The third-order valence-electron chi connectivity index (χ3n) is 6.30. The quantitative estimate of drug-likeness (QED) is 0.630. The Morgan fingerprint density at radius 2 is 1.88 bits per heavy atom. The van der Waals surface area contributed by atoms with Crippen LogP contribution in [0.3, 0.4) is 0 Å². The van der Waals surface area contributed by atoms with Crippen molar-refractivity contribution in [2.75, 3.05) is 23.3 Å². The van der Waals surface area contributed by atoms with Gasteiger partial charge in [-0.15, -0.1) is 10.2 Å². The molecular weight excluding hydrogens is 409 g/mol. The van der Waals surface area contributed by atoms with Gasteiger partial charge < -0.3 is 10.1 Å². The molecule has 2 aliphatic rings. The van der Waals surface area contributed by atoms with Crippen LogP contribution < -0.4 is 10.2 Å². The zero-order valence-electron chi connectivity index (χ0n) is 17.6. The first-order chi connectivity index (χ1) is 15.6. The van der Waals surface area contributed by atoms with Gasteiger partial charge in [-0.05, 0) is 68.0 Å². The van der Waals surface area contributed by atoms with Gasteiger partial charge in [-0.1, -0.05) is 18.2 Å². The van der Waals surface area contributed by atoms with Crippen LogP contribution in [0.5, 0.6) is 0 Å². The van der Waals surface area contributed by atoms with E-state index in [-0.39, 0.29) is 11.9 Å². The number of hydrogen-bond donors (Lipinski definition) is 1. The van der Waals surface area contributed by atoms with Crippen LogP contribution in [0, 0.1) is 11.7 Å². The first-order valence-electron chi connectivity index (χ1n) is 10.9. The van der Waals surface area contributed by atoms with Gasteiger partial charge in [-0.25, -0.2) is 14.2 Å². The lowest BCUT2D eigenvalue weighted by Crippen LogP contribution is -2.39. The van der Waals surface area contributed by atoms with E-state index in [0.717, 1.165) is 32.2 Å². The lowest BCUT2D eigenvalue weighted by molar-refractivity contribution is 0.0148. The fraction of sp³-hybridized carbons (Fsp3) is 0.333. The minimum Gasteiger partial charge on any atom is -0.441 e. The van der Waals surface area contributed by atoms with Crippen molar-refractivity contribution in [3.05, 3.63) is 66.6 Å². The van der Waals surface area contributed by atoms with E-state index in [2.05, 4.69) is 20.5 Å². The average Bonchev–Trinajstić information content (AvgIpc) is 3.16. The van der Waals surface area contributed by atoms with E-state index in [9.17, 15) is 9.18 Å². The fourth-order valence-corrected chi connectivity index (χ4v) is 4.47. The molecule has 7 nitrogen and oxygen atoms in total. The van der Waals surface area contributed by atoms with Crippen LogP contribution in [0.2, 0.25) is 0 Å². The second-order valence-corrected chi connectivity index (χ2v) is 8.43. The molecule has 164 valence electrons. The molecule has 1 N–H and O–H groups in total. The molecule has 3 heterocycles. The predicted molar refractivity (Wildman–Crippen MR) is 119 cm³/mol. The van der Waals surface area contributed by atoms with Gasteiger partial charge in [0.25, 0.3) is 0 Å². The summed E-state index contributed by atoms with van der Waals surface area (Å²) in [5.74, 6) is 1.44. The molecule has 1 aromatic carbocycles. The topological polar surface area (TPSA) is 80.2 Å². The van der Waals surface area contributed by atoms with Gasteiger partial charge in [0.2, 0.25) is 0 Å². The molecule has 0 radical (unpaired) electrons. The summed E-state index contributed by atoms with van der Waals surface area (Å²) in [6.45, 7) is 1.31. The van der Waals surface area contributed by atoms with Crippen LogP contribution >= 0.6 is 0 Å². The largest absolute Gasteiger partial charge is 0.441 e. The molecule has 2 aromatic heterocycles. The Morgan fingerprint density at radius 3 is 2.59 bits per heavy atom. The molecule has 1 spiro atoms. The van der Waals surface area contributed by atoms with Crippen LogP contribution in [0.25, 0.3) is 11.3 Å². The van der Waals surface area contributed by atoms with Gasteiger partial charge in [0.1, 0.15) is 23.1 Å². The van der Waals surface area contributed by atoms with E-state index in [1.54, 1.807) is 35.4 Å². The molecular formula is C24H24FN5O2. The first kappa shape index (κ1) is 20.4. The number of carbonyl (C=O) groups is 1. The Morgan fingerprint density at radius 1 is 1.06 bits per heavy atom. The normalized spacial score (nSPS) is 22.7. The van der Waals surface area contributed by atoms with Crippen LogP contribution in [0.15, 0.2) is 60.8 Å². The zero-order valence-corrected chi connectivity index (χ0v) is 17.6. The van der Waals surface area contributed by atoms with Crippen molar-refractivity contribution in [3.63, 3.8) is 0 Å². The number of benzene rings is 1. The maximum atomic E-state index is 13.9. The molecule has 1 aliphatic heterocycles. The van der Waals surface area contributed by atoms with E-state index in [0.29, 0.717) is 35.4 Å². The summed E-state index contributed by atoms with van der Waals surface area (Å²) in [7, 11) is 0. The highest BCUT2D eigenvalue weighted by Crippen LogP contribution is 2.40. The number of pyridine rings is 1. The third kappa shape index (κ3) is 4.12. The number of rotatable bonds is 5. The summed E-state index contributed by atoms with van der Waals surface area (Å²) in [6, 6.07) is 15.7. The van der Waals surface area contributed by atoms with E-state index < -0.39 is 5.60 Å². The van der Waals surface area contributed by atoms with Gasteiger partial charge >= 0.3 is 6.09 Å². The van der Waals surface area contributed by atoms with Gasteiger partial charge in [-0.3, -0.25) is 4.90 Å². The summed E-state index contributed by atoms with van der Waals surface area (Å²) in [6.07, 6.45) is 4.93. The highest BCUT2D eigenvalue weighted by Gasteiger charge is 2.47. The molecule has 0 atom stereocenters. The van der Waals surface area contributed by atoms with Crippen molar-refractivity contribution >= 4 is 17.7 Å². The number of nitrogens with zero attached hydrogens (tertiary/aromatic N) is 4. The minimum absolute atomic E-state index is 0.312. The van der Waals surface area contributed by atoms with E-state index in [1.165, 1.54) is 6.07 Å². The van der Waals surface area contributed by atoms with Gasteiger partial charge in [0.15, 0.2) is 0 Å². The van der Waals surface area contributed by atoms with Gasteiger partial charge in [-0.2, -0.15) is 0 Å². The number of halogens is 1. The van der Waals surface area contributed by atoms with Crippen molar-refractivity contribution in [1.29, 1.82) is 0 Å². The Balaban J connectivity index is 1.14. The maximum Gasteiger partial charge on any atom is 0.416 e. The lowest BCUT2D eigenvalue weighted by Gasteiger charge is -2.35. The van der Waals surface area contributed by atoms with Crippen LogP contribution in [-0.4, -0.2) is 40.0 Å². The second-order valence-electron chi connectivity index (χ2n) is 8.43. The predicted octanol–water partition coefficient (Wildman–Crippen LogP) is 4.68. The summed E-state index contributed by atoms with van der Waals surface area (Å²) in [5, 5.41) is 11.7. The molecule has 1 saturated heterocycles. The second kappa shape index (κ2) is 8.53. The summed E-state index contributed by atoms with van der Waals surface area (Å²) < 4.78 is 19.7. The molecule has 3 aromatic rings. The molecule has 1 amide bonds. The highest BCUT2D eigenvalue weighted by atomic mass is 19.1. The van der Waals surface area contributed by atoms with Crippen LogP contribution in [0.1, 0.15) is 25.7 Å². The SMILES string of the molecule is O=C1O[C@]2(CC[C@H](CNc3ccc(-c4ccccc4F)nn3)CC2)CN1c1ccccn1. The number of ether oxygens (including phenoxy) is 1. The van der Waals surface area contributed by atoms with E-state index in [4.69, 9.17) is 4.74 Å². The fourth-order valence-electron chi connectivity index (χ4n) is 4.47. The van der Waals surface area contributed by atoms with Crippen molar-refractivity contribution in [2.24, 2.45) is 5.92 Å². The molecule has 1 aliphatic carbocycles. The lowest BCUT2D eigenvalue weighted by atomic mass is 9.78. The Labute approximate surface area is 185 Å². The zero-order chi connectivity index (χ0) is 22.0. The maximum absolute atomic E-state index is 13.9. The Kier molecular flexibility index (Phi) is 5.43. The molecule has 8 heteroatoms.